The van der Waals surface area contributed by atoms with Crippen LogP contribution >= 0.6 is 11.6 Å². The van der Waals surface area contributed by atoms with Crippen molar-refractivity contribution in [2.75, 3.05) is 10.5 Å². The molecule has 1 heterocycles. The predicted molar refractivity (Wildman–Crippen MR) is 75.6 cm³/mol. The molecule has 8 heteroatoms. The first kappa shape index (κ1) is 14.5. The number of hydrogen-bond acceptors (Lipinski definition) is 4. The molecule has 0 bridgehead atoms. The number of nitrogens with two attached hydrogens (primary N) is 1. The SMILES string of the molecule is Cc1cc(NS(=O)(=O)c2cc(N)c(F)cc2Cl)ccn1. The summed E-state index contributed by atoms with van der Waals surface area (Å²) in [6.07, 6.45) is 1.47. The standard InChI is InChI=1S/C12H11ClFN3O2S/c1-7-4-8(2-3-16-7)17-20(18,19)12-6-11(15)10(14)5-9(12)13/h2-6H,15H2,1H3,(H,16,17). The van der Waals surface area contributed by atoms with Crippen LogP contribution in [0.2, 0.25) is 5.02 Å². The molecule has 0 aliphatic carbocycles. The minimum atomic E-state index is -3.96. The number of hydrogen-bond donors (Lipinski definition) is 2. The molecule has 1 aromatic heterocycles. The number of nitrogen functional groups attached to an aromatic ring is 1. The van der Waals surface area contributed by atoms with Gasteiger partial charge in [0.15, 0.2) is 0 Å². The second-order valence-electron chi connectivity index (χ2n) is 4.10. The van der Waals surface area contributed by atoms with Crippen molar-refractivity contribution >= 4 is 33.0 Å². The van der Waals surface area contributed by atoms with Crippen LogP contribution in [0.4, 0.5) is 15.8 Å². The lowest BCUT2D eigenvalue weighted by Crippen LogP contribution is -2.14. The molecule has 0 fully saturated rings. The second-order valence-corrected chi connectivity index (χ2v) is 6.15. The summed E-state index contributed by atoms with van der Waals surface area (Å²) in [5.41, 5.74) is 6.05. The van der Waals surface area contributed by atoms with Crippen molar-refractivity contribution < 1.29 is 12.8 Å². The Balaban J connectivity index is 2.43. The van der Waals surface area contributed by atoms with Crippen LogP contribution in [-0.2, 0) is 10.0 Å². The van der Waals surface area contributed by atoms with E-state index in [9.17, 15) is 12.8 Å². The monoisotopic (exact) mass is 315 g/mol. The van der Waals surface area contributed by atoms with Crippen molar-refractivity contribution in [2.24, 2.45) is 0 Å². The van der Waals surface area contributed by atoms with Gasteiger partial charge < -0.3 is 5.73 Å². The van der Waals surface area contributed by atoms with Crippen LogP contribution in [-0.4, -0.2) is 13.4 Å². The van der Waals surface area contributed by atoms with Gasteiger partial charge in [0, 0.05) is 11.9 Å². The average Bonchev–Trinajstić information content (AvgIpc) is 2.33. The zero-order valence-electron chi connectivity index (χ0n) is 10.4. The topological polar surface area (TPSA) is 85.1 Å². The van der Waals surface area contributed by atoms with E-state index >= 15 is 0 Å². The van der Waals surface area contributed by atoms with Crippen molar-refractivity contribution in [1.29, 1.82) is 0 Å². The average molecular weight is 316 g/mol. The van der Waals surface area contributed by atoms with E-state index in [1.165, 1.54) is 12.3 Å². The smallest absolute Gasteiger partial charge is 0.263 e. The number of sulfonamides is 1. The number of anilines is 2. The molecule has 0 atom stereocenters. The highest BCUT2D eigenvalue weighted by atomic mass is 35.5. The maximum absolute atomic E-state index is 13.2. The summed E-state index contributed by atoms with van der Waals surface area (Å²) in [6, 6.07) is 4.89. The van der Waals surface area contributed by atoms with Crippen molar-refractivity contribution in [1.82, 2.24) is 4.98 Å². The Morgan fingerprint density at radius 3 is 2.70 bits per heavy atom. The summed E-state index contributed by atoms with van der Waals surface area (Å²) in [6.45, 7) is 1.72. The van der Waals surface area contributed by atoms with Crippen LogP contribution in [0.25, 0.3) is 0 Å². The Bertz CT molecular complexity index is 765. The van der Waals surface area contributed by atoms with Crippen LogP contribution in [0.15, 0.2) is 35.4 Å². The van der Waals surface area contributed by atoms with E-state index in [4.69, 9.17) is 17.3 Å². The summed E-state index contributed by atoms with van der Waals surface area (Å²) >= 11 is 5.76. The molecular formula is C12H11ClFN3O2S. The molecule has 2 aromatic rings. The van der Waals surface area contributed by atoms with Gasteiger partial charge in [0.2, 0.25) is 0 Å². The highest BCUT2D eigenvalue weighted by molar-refractivity contribution is 7.92. The number of nitrogens with zero attached hydrogens (tertiary/aromatic N) is 1. The van der Waals surface area contributed by atoms with Gasteiger partial charge in [-0.3, -0.25) is 9.71 Å². The number of rotatable bonds is 3. The molecule has 0 aliphatic rings. The first-order valence-corrected chi connectivity index (χ1v) is 7.36. The van der Waals surface area contributed by atoms with Gasteiger partial charge >= 0.3 is 0 Å². The lowest BCUT2D eigenvalue weighted by atomic mass is 10.3. The summed E-state index contributed by atoms with van der Waals surface area (Å²) in [4.78, 5) is 3.67. The number of nitrogens with one attached hydrogen (secondary N) is 1. The first-order chi connectivity index (χ1) is 9.29. The zero-order valence-corrected chi connectivity index (χ0v) is 12.0. The largest absolute Gasteiger partial charge is 0.396 e. The third-order valence-electron chi connectivity index (χ3n) is 2.49. The van der Waals surface area contributed by atoms with Gasteiger partial charge in [0.05, 0.1) is 16.4 Å². The number of aromatic nitrogens is 1. The Hall–Kier alpha value is -1.86. The molecule has 2 rings (SSSR count). The van der Waals surface area contributed by atoms with Crippen LogP contribution in [0.3, 0.4) is 0 Å². The van der Waals surface area contributed by atoms with Crippen molar-refractivity contribution in [3.05, 3.63) is 47.0 Å². The quantitative estimate of drug-likeness (QED) is 0.852. The molecule has 0 unspecified atom stereocenters. The third kappa shape index (κ3) is 3.00. The van der Waals surface area contributed by atoms with E-state index in [-0.39, 0.29) is 15.6 Å². The maximum atomic E-state index is 13.2. The number of pyridine rings is 1. The lowest BCUT2D eigenvalue weighted by Gasteiger charge is -2.10. The molecule has 3 N–H and O–H groups in total. The van der Waals surface area contributed by atoms with Crippen LogP contribution in [0.5, 0.6) is 0 Å². The van der Waals surface area contributed by atoms with Gasteiger partial charge in [-0.05, 0) is 31.2 Å². The normalized spacial score (nSPS) is 11.3. The molecular weight excluding hydrogens is 305 g/mol. The molecule has 0 aliphatic heterocycles. The Morgan fingerprint density at radius 2 is 2.05 bits per heavy atom. The Labute approximate surface area is 120 Å². The number of aryl methyl sites for hydroxylation is 1. The fraction of sp³-hybridized carbons (Fsp3) is 0.0833. The number of halogens is 2. The minimum Gasteiger partial charge on any atom is -0.396 e. The van der Waals surface area contributed by atoms with Crippen LogP contribution < -0.4 is 10.5 Å². The van der Waals surface area contributed by atoms with Crippen molar-refractivity contribution in [3.8, 4) is 0 Å². The zero-order chi connectivity index (χ0) is 14.9. The van der Waals surface area contributed by atoms with E-state index in [1.54, 1.807) is 13.0 Å². The fourth-order valence-electron chi connectivity index (χ4n) is 1.57. The minimum absolute atomic E-state index is 0.241. The van der Waals surface area contributed by atoms with E-state index in [1.807, 2.05) is 0 Å². The van der Waals surface area contributed by atoms with Gasteiger partial charge in [0.25, 0.3) is 10.0 Å². The van der Waals surface area contributed by atoms with Gasteiger partial charge in [0.1, 0.15) is 10.7 Å². The summed E-state index contributed by atoms with van der Waals surface area (Å²) in [5.74, 6) is -0.770. The first-order valence-electron chi connectivity index (χ1n) is 5.49. The van der Waals surface area contributed by atoms with Crippen LogP contribution in [0.1, 0.15) is 5.69 Å². The Morgan fingerprint density at radius 1 is 1.35 bits per heavy atom. The van der Waals surface area contributed by atoms with Gasteiger partial charge in [-0.1, -0.05) is 11.6 Å². The van der Waals surface area contributed by atoms with Crippen LogP contribution in [0, 0.1) is 12.7 Å². The van der Waals surface area contributed by atoms with E-state index in [0.717, 1.165) is 12.1 Å². The molecule has 20 heavy (non-hydrogen) atoms. The predicted octanol–water partition coefficient (Wildman–Crippen LogP) is 2.57. The summed E-state index contributed by atoms with van der Waals surface area (Å²) in [7, 11) is -3.96. The van der Waals surface area contributed by atoms with E-state index < -0.39 is 15.8 Å². The van der Waals surface area contributed by atoms with Gasteiger partial charge in [-0.25, -0.2) is 12.8 Å². The maximum Gasteiger partial charge on any atom is 0.263 e. The van der Waals surface area contributed by atoms with Crippen molar-refractivity contribution in [2.45, 2.75) is 11.8 Å². The molecule has 0 saturated heterocycles. The van der Waals surface area contributed by atoms with Gasteiger partial charge in [-0.15, -0.1) is 0 Å². The van der Waals surface area contributed by atoms with Crippen molar-refractivity contribution in [3.63, 3.8) is 0 Å². The summed E-state index contributed by atoms with van der Waals surface area (Å²) < 4.78 is 39.9. The molecule has 0 radical (unpaired) electrons. The summed E-state index contributed by atoms with van der Waals surface area (Å²) in [5, 5.41) is -0.241. The Kier molecular flexibility index (Phi) is 3.82. The van der Waals surface area contributed by atoms with E-state index in [2.05, 4.69) is 9.71 Å². The highest BCUT2D eigenvalue weighted by Crippen LogP contribution is 2.27. The second kappa shape index (κ2) is 5.26. The molecule has 1 aromatic carbocycles. The number of benzene rings is 1. The molecule has 0 saturated carbocycles. The molecule has 106 valence electrons. The molecule has 0 amide bonds. The highest BCUT2D eigenvalue weighted by Gasteiger charge is 2.20. The fourth-order valence-corrected chi connectivity index (χ4v) is 3.17. The van der Waals surface area contributed by atoms with Gasteiger partial charge in [-0.2, -0.15) is 0 Å². The van der Waals surface area contributed by atoms with E-state index in [0.29, 0.717) is 11.4 Å². The lowest BCUT2D eigenvalue weighted by molar-refractivity contribution is 0.600. The molecule has 5 nitrogen and oxygen atoms in total. The molecule has 0 spiro atoms. The third-order valence-corrected chi connectivity index (χ3v) is 4.34.